The normalized spacial score (nSPS) is 12.1. The molecule has 13 aromatic rings. The third-order valence-electron chi connectivity index (χ3n) is 11.8. The molecule has 4 aromatic heterocycles. The molecule has 0 atom stereocenters. The first-order chi connectivity index (χ1) is 29.2. The van der Waals surface area contributed by atoms with Crippen LogP contribution in [0.4, 0.5) is 0 Å². The molecule has 0 aliphatic carbocycles. The van der Waals surface area contributed by atoms with E-state index in [-0.39, 0.29) is 0 Å². The van der Waals surface area contributed by atoms with Crippen LogP contribution < -0.4 is 0 Å². The Morgan fingerprint density at radius 2 is 1.08 bits per heavy atom. The van der Waals surface area contributed by atoms with Gasteiger partial charge in [-0.05, 0) is 82.2 Å². The lowest BCUT2D eigenvalue weighted by atomic mass is 10.0. The Balaban J connectivity index is 1.17. The Labute approximate surface area is 341 Å². The van der Waals surface area contributed by atoms with E-state index < -0.39 is 0 Å². The molecule has 59 heavy (non-hydrogen) atoms. The van der Waals surface area contributed by atoms with Gasteiger partial charge in [-0.15, -0.1) is 11.3 Å². The van der Waals surface area contributed by atoms with E-state index in [0.29, 0.717) is 17.5 Å². The van der Waals surface area contributed by atoms with E-state index in [1.165, 1.54) is 41.7 Å². The molecule has 0 aliphatic heterocycles. The number of hydrogen-bond acceptors (Lipinski definition) is 5. The molecular weight excluding hydrogens is 741 g/mol. The zero-order valence-corrected chi connectivity index (χ0v) is 32.2. The maximum absolute atomic E-state index is 6.92. The van der Waals surface area contributed by atoms with Crippen molar-refractivity contribution in [1.29, 1.82) is 0 Å². The number of rotatable bonds is 4. The monoisotopic (exact) mass is 770 g/mol. The van der Waals surface area contributed by atoms with Gasteiger partial charge in [0.25, 0.3) is 0 Å². The number of benzene rings is 9. The Morgan fingerprint density at radius 1 is 0.407 bits per heavy atom. The number of furan rings is 1. The van der Waals surface area contributed by atoms with Gasteiger partial charge >= 0.3 is 0 Å². The minimum absolute atomic E-state index is 0.541. The molecule has 274 valence electrons. The van der Waals surface area contributed by atoms with Crippen molar-refractivity contribution in [2.75, 3.05) is 0 Å². The van der Waals surface area contributed by atoms with Crippen LogP contribution in [-0.2, 0) is 0 Å². The van der Waals surface area contributed by atoms with Gasteiger partial charge in [0.2, 0.25) is 0 Å². The molecule has 0 unspecified atom stereocenters. The highest BCUT2D eigenvalue weighted by molar-refractivity contribution is 7.25. The third-order valence-corrected chi connectivity index (χ3v) is 13.0. The van der Waals surface area contributed by atoms with Crippen LogP contribution in [0.1, 0.15) is 0 Å². The predicted octanol–water partition coefficient (Wildman–Crippen LogP) is 14.5. The van der Waals surface area contributed by atoms with Crippen LogP contribution in [0.3, 0.4) is 0 Å². The summed E-state index contributed by atoms with van der Waals surface area (Å²) in [5.74, 6) is 1.74. The predicted molar refractivity (Wildman–Crippen MR) is 246 cm³/mol. The van der Waals surface area contributed by atoms with Gasteiger partial charge < -0.3 is 8.98 Å². The zero-order valence-electron chi connectivity index (χ0n) is 31.4. The summed E-state index contributed by atoms with van der Waals surface area (Å²) in [4.78, 5) is 16.2. The van der Waals surface area contributed by atoms with Crippen molar-refractivity contribution >= 4 is 96.8 Å². The first-order valence-electron chi connectivity index (χ1n) is 19.8. The fourth-order valence-corrected chi connectivity index (χ4v) is 10.2. The number of hydrogen-bond donors (Lipinski definition) is 0. The maximum Gasteiger partial charge on any atom is 0.170 e. The van der Waals surface area contributed by atoms with E-state index in [4.69, 9.17) is 19.4 Å². The SMILES string of the molecule is c1ccc2cc3c(cc2c1)c1ccccc1n3-c1ccc2c(oc3ccccc32)c1-c1nc(-c2ccc3sc4ccccc4c3c2)nc(-c2cccc3ccccc23)n1. The van der Waals surface area contributed by atoms with E-state index in [0.717, 1.165) is 66.1 Å². The molecule has 0 saturated heterocycles. The molecule has 13 rings (SSSR count). The maximum atomic E-state index is 6.92. The number of para-hydroxylation sites is 2. The molecule has 4 heterocycles. The summed E-state index contributed by atoms with van der Waals surface area (Å²) < 4.78 is 11.8. The third kappa shape index (κ3) is 4.87. The summed E-state index contributed by atoms with van der Waals surface area (Å²) in [7, 11) is 0. The molecule has 0 spiro atoms. The Kier molecular flexibility index (Phi) is 6.82. The summed E-state index contributed by atoms with van der Waals surface area (Å²) in [6.45, 7) is 0. The lowest BCUT2D eigenvalue weighted by Gasteiger charge is -2.16. The molecule has 0 N–H and O–H groups in total. The quantitative estimate of drug-likeness (QED) is 0.179. The van der Waals surface area contributed by atoms with Crippen LogP contribution >= 0.6 is 11.3 Å². The van der Waals surface area contributed by atoms with E-state index in [1.807, 2.05) is 12.1 Å². The van der Waals surface area contributed by atoms with Gasteiger partial charge in [0, 0.05) is 52.8 Å². The second-order valence-corrected chi connectivity index (χ2v) is 16.2. The van der Waals surface area contributed by atoms with Gasteiger partial charge in [0.05, 0.1) is 22.3 Å². The Bertz CT molecular complexity index is 3870. The first kappa shape index (κ1) is 32.4. The Hall–Kier alpha value is -7.67. The van der Waals surface area contributed by atoms with Crippen LogP contribution in [-0.4, -0.2) is 19.5 Å². The van der Waals surface area contributed by atoms with E-state index >= 15 is 0 Å². The molecule has 5 nitrogen and oxygen atoms in total. The standard InChI is InChI=1S/C53H30N4OS/c1-2-14-33-30-45-41(28-32(33)13-1)36-17-5-8-21-43(36)57(45)44-26-25-39-37-18-6-9-22-46(37)58-50(39)49(44)53-55-51(34-24-27-48-42(29-34)38-19-7-10-23-47(38)59-48)54-52(56-53)40-20-11-15-31-12-3-4-16-35(31)40/h1-30H. The van der Waals surface area contributed by atoms with Crippen LogP contribution in [0.25, 0.3) is 125 Å². The molecule has 0 amide bonds. The van der Waals surface area contributed by atoms with Gasteiger partial charge in [0.15, 0.2) is 17.5 Å². The van der Waals surface area contributed by atoms with Crippen LogP contribution in [0, 0.1) is 0 Å². The molecule has 9 aromatic carbocycles. The highest BCUT2D eigenvalue weighted by Gasteiger charge is 2.25. The van der Waals surface area contributed by atoms with Gasteiger partial charge in [-0.2, -0.15) is 0 Å². The molecule has 0 aliphatic rings. The van der Waals surface area contributed by atoms with Gasteiger partial charge in [-0.1, -0.05) is 121 Å². The average molecular weight is 771 g/mol. The van der Waals surface area contributed by atoms with E-state index in [1.54, 1.807) is 11.3 Å². The van der Waals surface area contributed by atoms with Crippen LogP contribution in [0.15, 0.2) is 186 Å². The van der Waals surface area contributed by atoms with Crippen molar-refractivity contribution in [3.8, 4) is 39.9 Å². The van der Waals surface area contributed by atoms with Gasteiger partial charge in [-0.25, -0.2) is 15.0 Å². The second kappa shape index (κ2) is 12.4. The zero-order chi connectivity index (χ0) is 38.6. The van der Waals surface area contributed by atoms with Gasteiger partial charge in [0.1, 0.15) is 11.2 Å². The molecule has 6 heteroatoms. The average Bonchev–Trinajstić information content (AvgIpc) is 3.96. The fourth-order valence-electron chi connectivity index (χ4n) is 9.12. The smallest absolute Gasteiger partial charge is 0.170 e. The fraction of sp³-hybridized carbons (Fsp3) is 0. The summed E-state index contributed by atoms with van der Waals surface area (Å²) in [5.41, 5.74) is 7.33. The van der Waals surface area contributed by atoms with Crippen molar-refractivity contribution in [1.82, 2.24) is 19.5 Å². The first-order valence-corrected chi connectivity index (χ1v) is 20.6. The van der Waals surface area contributed by atoms with Crippen molar-refractivity contribution in [2.24, 2.45) is 0 Å². The molecular formula is C53H30N4OS. The minimum atomic E-state index is 0.541. The highest BCUT2D eigenvalue weighted by atomic mass is 32.1. The van der Waals surface area contributed by atoms with E-state index in [2.05, 4.69) is 174 Å². The number of nitrogens with zero attached hydrogens (tertiary/aromatic N) is 4. The number of thiophene rings is 1. The summed E-state index contributed by atoms with van der Waals surface area (Å²) >= 11 is 1.80. The van der Waals surface area contributed by atoms with Crippen LogP contribution in [0.5, 0.6) is 0 Å². The second-order valence-electron chi connectivity index (χ2n) is 15.1. The lowest BCUT2D eigenvalue weighted by molar-refractivity contribution is 0.669. The van der Waals surface area contributed by atoms with E-state index in [9.17, 15) is 0 Å². The largest absolute Gasteiger partial charge is 0.455 e. The lowest BCUT2D eigenvalue weighted by Crippen LogP contribution is -2.04. The van der Waals surface area contributed by atoms with Crippen molar-refractivity contribution < 1.29 is 4.42 Å². The van der Waals surface area contributed by atoms with Gasteiger partial charge in [-0.3, -0.25) is 0 Å². The molecule has 0 radical (unpaired) electrons. The topological polar surface area (TPSA) is 56.7 Å². The van der Waals surface area contributed by atoms with Crippen molar-refractivity contribution in [2.45, 2.75) is 0 Å². The molecule has 0 fully saturated rings. The van der Waals surface area contributed by atoms with Crippen molar-refractivity contribution in [3.05, 3.63) is 182 Å². The Morgan fingerprint density at radius 3 is 1.98 bits per heavy atom. The molecule has 0 saturated carbocycles. The highest BCUT2D eigenvalue weighted by Crippen LogP contribution is 2.44. The summed E-state index contributed by atoms with van der Waals surface area (Å²) in [5, 5.41) is 11.4. The summed E-state index contributed by atoms with van der Waals surface area (Å²) in [6.07, 6.45) is 0. The summed E-state index contributed by atoms with van der Waals surface area (Å²) in [6, 6.07) is 64.4. The number of fused-ring (bicyclic) bond motifs is 11. The number of aromatic nitrogens is 4. The molecule has 0 bridgehead atoms. The van der Waals surface area contributed by atoms with Crippen LogP contribution in [0.2, 0.25) is 0 Å². The minimum Gasteiger partial charge on any atom is -0.455 e. The van der Waals surface area contributed by atoms with Crippen molar-refractivity contribution in [3.63, 3.8) is 0 Å².